The molecule has 1 fully saturated rings. The van der Waals surface area contributed by atoms with E-state index >= 15 is 0 Å². The van der Waals surface area contributed by atoms with Crippen molar-refractivity contribution < 1.29 is 4.74 Å². The van der Waals surface area contributed by atoms with Gasteiger partial charge in [-0.2, -0.15) is 0 Å². The van der Waals surface area contributed by atoms with Crippen LogP contribution in [0.25, 0.3) is 10.2 Å². The van der Waals surface area contributed by atoms with Crippen molar-refractivity contribution in [1.29, 1.82) is 0 Å². The molecule has 1 aliphatic heterocycles. The lowest BCUT2D eigenvalue weighted by molar-refractivity contribution is 0.103. The molecule has 1 unspecified atom stereocenters. The van der Waals surface area contributed by atoms with Gasteiger partial charge in [-0.25, -0.2) is 4.98 Å². The Kier molecular flexibility index (Phi) is 3.36. The van der Waals surface area contributed by atoms with Gasteiger partial charge in [0.1, 0.15) is 5.01 Å². The van der Waals surface area contributed by atoms with E-state index in [1.54, 1.807) is 11.3 Å². The average Bonchev–Trinajstić information content (AvgIpc) is 2.96. The van der Waals surface area contributed by atoms with E-state index in [0.717, 1.165) is 23.7 Å². The lowest BCUT2D eigenvalue weighted by Gasteiger charge is -2.09. The molecule has 2 aromatic rings. The van der Waals surface area contributed by atoms with Crippen LogP contribution < -0.4 is 5.32 Å². The summed E-state index contributed by atoms with van der Waals surface area (Å²) in [5, 5.41) is 4.50. The minimum absolute atomic E-state index is 0.546. The number of para-hydroxylation sites is 1. The highest BCUT2D eigenvalue weighted by Crippen LogP contribution is 2.22. The molecule has 2 heterocycles. The molecule has 4 heteroatoms. The molecule has 0 bridgehead atoms. The zero-order valence-electron chi connectivity index (χ0n) is 9.69. The molecule has 0 aliphatic carbocycles. The lowest BCUT2D eigenvalue weighted by Crippen LogP contribution is -2.26. The predicted molar refractivity (Wildman–Crippen MR) is 70.3 cm³/mol. The van der Waals surface area contributed by atoms with E-state index in [1.165, 1.54) is 17.5 Å². The Morgan fingerprint density at radius 2 is 2.35 bits per heavy atom. The Morgan fingerprint density at radius 3 is 3.18 bits per heavy atom. The van der Waals surface area contributed by atoms with E-state index < -0.39 is 0 Å². The van der Waals surface area contributed by atoms with E-state index in [1.807, 2.05) is 18.2 Å². The highest BCUT2D eigenvalue weighted by Gasteiger charge is 2.14. The van der Waals surface area contributed by atoms with Crippen molar-refractivity contribution in [3.63, 3.8) is 0 Å². The summed E-state index contributed by atoms with van der Waals surface area (Å²) in [6.07, 6.45) is 2.51. The highest BCUT2D eigenvalue weighted by molar-refractivity contribution is 7.18. The molecule has 0 radical (unpaired) electrons. The van der Waals surface area contributed by atoms with Gasteiger partial charge in [0.2, 0.25) is 0 Å². The molecule has 3 rings (SSSR count). The third-order valence-electron chi connectivity index (χ3n) is 3.05. The van der Waals surface area contributed by atoms with Gasteiger partial charge in [0, 0.05) is 6.04 Å². The van der Waals surface area contributed by atoms with Crippen LogP contribution in [0.5, 0.6) is 0 Å². The molecule has 0 spiro atoms. The van der Waals surface area contributed by atoms with Crippen LogP contribution in [0.1, 0.15) is 17.8 Å². The average molecular weight is 248 g/mol. The highest BCUT2D eigenvalue weighted by atomic mass is 32.1. The first-order valence-corrected chi connectivity index (χ1v) is 6.89. The predicted octanol–water partition coefficient (Wildman–Crippen LogP) is 2.56. The number of hydrogen-bond acceptors (Lipinski definition) is 4. The standard InChI is InChI=1S/C13H16N2OS/c1-2-6-12-11(5-1)15-13(17-12)9-16-8-10-4-3-7-14-10/h1-2,5-6,10,14H,3-4,7-9H2. The van der Waals surface area contributed by atoms with Crippen molar-refractivity contribution in [3.05, 3.63) is 29.3 Å². The van der Waals surface area contributed by atoms with Crippen LogP contribution in [-0.2, 0) is 11.3 Å². The molecule has 1 N–H and O–H groups in total. The molecule has 1 aromatic carbocycles. The van der Waals surface area contributed by atoms with Crippen LogP contribution in [0.3, 0.4) is 0 Å². The first kappa shape index (κ1) is 11.1. The number of benzene rings is 1. The maximum Gasteiger partial charge on any atom is 0.120 e. The summed E-state index contributed by atoms with van der Waals surface area (Å²) < 4.78 is 6.96. The van der Waals surface area contributed by atoms with E-state index in [-0.39, 0.29) is 0 Å². The minimum atomic E-state index is 0.546. The van der Waals surface area contributed by atoms with Gasteiger partial charge in [-0.05, 0) is 31.5 Å². The monoisotopic (exact) mass is 248 g/mol. The van der Waals surface area contributed by atoms with Gasteiger partial charge in [0.25, 0.3) is 0 Å². The summed E-state index contributed by atoms with van der Waals surface area (Å²) in [4.78, 5) is 4.55. The van der Waals surface area contributed by atoms with Gasteiger partial charge in [-0.1, -0.05) is 12.1 Å². The fourth-order valence-electron chi connectivity index (χ4n) is 2.17. The van der Waals surface area contributed by atoms with E-state index in [9.17, 15) is 0 Å². The van der Waals surface area contributed by atoms with Crippen molar-refractivity contribution in [1.82, 2.24) is 10.3 Å². The normalized spacial score (nSPS) is 20.1. The summed E-state index contributed by atoms with van der Waals surface area (Å²) in [6.45, 7) is 2.57. The maximum absolute atomic E-state index is 5.72. The number of fused-ring (bicyclic) bond motifs is 1. The smallest absolute Gasteiger partial charge is 0.120 e. The van der Waals surface area contributed by atoms with Gasteiger partial charge in [0.05, 0.1) is 23.4 Å². The Morgan fingerprint density at radius 1 is 1.41 bits per heavy atom. The second kappa shape index (κ2) is 5.12. The summed E-state index contributed by atoms with van der Waals surface area (Å²) in [7, 11) is 0. The van der Waals surface area contributed by atoms with Crippen LogP contribution in [-0.4, -0.2) is 24.2 Å². The number of rotatable bonds is 4. The van der Waals surface area contributed by atoms with Crippen molar-refractivity contribution in [2.45, 2.75) is 25.5 Å². The third kappa shape index (κ3) is 2.65. The van der Waals surface area contributed by atoms with Crippen molar-refractivity contribution in [2.75, 3.05) is 13.2 Å². The topological polar surface area (TPSA) is 34.1 Å². The number of hydrogen-bond donors (Lipinski definition) is 1. The van der Waals surface area contributed by atoms with Gasteiger partial charge in [0.15, 0.2) is 0 Å². The van der Waals surface area contributed by atoms with Crippen molar-refractivity contribution in [2.24, 2.45) is 0 Å². The molecule has 1 aromatic heterocycles. The molecule has 0 amide bonds. The first-order valence-electron chi connectivity index (χ1n) is 6.07. The van der Waals surface area contributed by atoms with Crippen molar-refractivity contribution >= 4 is 21.6 Å². The Hall–Kier alpha value is -0.970. The van der Waals surface area contributed by atoms with Crippen LogP contribution in [0.15, 0.2) is 24.3 Å². The molecule has 0 saturated carbocycles. The summed E-state index contributed by atoms with van der Waals surface area (Å²) in [5.41, 5.74) is 1.08. The van der Waals surface area contributed by atoms with Crippen LogP contribution in [0, 0.1) is 0 Å². The zero-order chi connectivity index (χ0) is 11.5. The number of aromatic nitrogens is 1. The van der Waals surface area contributed by atoms with Crippen LogP contribution in [0.2, 0.25) is 0 Å². The summed E-state index contributed by atoms with van der Waals surface area (Å²) in [6, 6.07) is 8.77. The molecule has 1 saturated heterocycles. The zero-order valence-corrected chi connectivity index (χ0v) is 10.5. The Labute approximate surface area is 105 Å². The number of ether oxygens (including phenoxy) is 1. The molecule has 3 nitrogen and oxygen atoms in total. The Balaban J connectivity index is 1.57. The molecule has 90 valence electrons. The van der Waals surface area contributed by atoms with E-state index in [4.69, 9.17) is 4.74 Å². The molecular formula is C13H16N2OS. The molecular weight excluding hydrogens is 232 g/mol. The minimum Gasteiger partial charge on any atom is -0.373 e. The van der Waals surface area contributed by atoms with E-state index in [0.29, 0.717) is 12.6 Å². The van der Waals surface area contributed by atoms with Crippen LogP contribution >= 0.6 is 11.3 Å². The maximum atomic E-state index is 5.72. The number of thiazole rings is 1. The molecule has 1 atom stereocenters. The van der Waals surface area contributed by atoms with Gasteiger partial charge in [-0.15, -0.1) is 11.3 Å². The van der Waals surface area contributed by atoms with Crippen LogP contribution in [0.4, 0.5) is 0 Å². The number of nitrogens with zero attached hydrogens (tertiary/aromatic N) is 1. The van der Waals surface area contributed by atoms with Crippen molar-refractivity contribution in [3.8, 4) is 0 Å². The fraction of sp³-hybridized carbons (Fsp3) is 0.462. The second-order valence-corrected chi connectivity index (χ2v) is 5.50. The summed E-state index contributed by atoms with van der Waals surface area (Å²) >= 11 is 1.72. The fourth-order valence-corrected chi connectivity index (χ4v) is 3.07. The Bertz CT molecular complexity index is 458. The number of nitrogens with one attached hydrogen (secondary N) is 1. The largest absolute Gasteiger partial charge is 0.373 e. The lowest BCUT2D eigenvalue weighted by atomic mass is 10.2. The second-order valence-electron chi connectivity index (χ2n) is 4.38. The quantitative estimate of drug-likeness (QED) is 0.903. The van der Waals surface area contributed by atoms with E-state index in [2.05, 4.69) is 16.4 Å². The third-order valence-corrected chi connectivity index (χ3v) is 4.06. The van der Waals surface area contributed by atoms with Gasteiger partial charge < -0.3 is 10.1 Å². The van der Waals surface area contributed by atoms with Gasteiger partial charge in [-0.3, -0.25) is 0 Å². The first-order chi connectivity index (χ1) is 8.42. The summed E-state index contributed by atoms with van der Waals surface area (Å²) in [5.74, 6) is 0. The SMILES string of the molecule is c1ccc2sc(COCC3CCCN3)nc2c1. The molecule has 17 heavy (non-hydrogen) atoms. The molecule has 1 aliphatic rings. The van der Waals surface area contributed by atoms with Gasteiger partial charge >= 0.3 is 0 Å².